The topological polar surface area (TPSA) is 106 Å². The van der Waals surface area contributed by atoms with E-state index < -0.39 is 5.91 Å². The fourth-order valence-corrected chi connectivity index (χ4v) is 4.37. The van der Waals surface area contributed by atoms with Crippen LogP contribution in [0.1, 0.15) is 52.5 Å². The van der Waals surface area contributed by atoms with Crippen LogP contribution in [-0.4, -0.2) is 46.2 Å². The number of likely N-dealkylation sites (tertiary alicyclic amines) is 1. The van der Waals surface area contributed by atoms with E-state index in [-0.39, 0.29) is 23.3 Å². The quantitative estimate of drug-likeness (QED) is 0.825. The van der Waals surface area contributed by atoms with Crippen molar-refractivity contribution in [1.29, 1.82) is 0 Å². The first kappa shape index (κ1) is 19.4. The van der Waals surface area contributed by atoms with Crippen molar-refractivity contribution in [2.75, 3.05) is 25.4 Å². The molecule has 2 amide bonds. The number of aromatic nitrogens is 1. The summed E-state index contributed by atoms with van der Waals surface area (Å²) in [6.07, 6.45) is 4.06. The van der Waals surface area contributed by atoms with Gasteiger partial charge in [-0.1, -0.05) is 36.8 Å². The molecule has 0 aliphatic carbocycles. The van der Waals surface area contributed by atoms with E-state index in [1.54, 1.807) is 6.07 Å². The standard InChI is InChI=1S/C22H27N5O2/c23-20-17(21(24)28)13-16-14-27(12-9-18(16)25-20)22(29)19(15-7-3-1-4-8-15)26-10-5-2-6-11-26/h1,3-4,7-8,13,19H,2,5-6,9-12,14H2,(H2,23,25)(H2,24,28)/t19-/m0/s1. The molecule has 1 aromatic heterocycles. The molecule has 2 aliphatic heterocycles. The van der Waals surface area contributed by atoms with Gasteiger partial charge >= 0.3 is 0 Å². The number of rotatable bonds is 4. The number of hydrogen-bond donors (Lipinski definition) is 2. The van der Waals surface area contributed by atoms with E-state index in [1.165, 1.54) is 6.42 Å². The highest BCUT2D eigenvalue weighted by molar-refractivity contribution is 5.97. The number of fused-ring (bicyclic) bond motifs is 1. The number of pyridine rings is 1. The third-order valence-electron chi connectivity index (χ3n) is 5.88. The molecule has 4 N–H and O–H groups in total. The summed E-state index contributed by atoms with van der Waals surface area (Å²) in [6, 6.07) is 11.4. The molecule has 7 heteroatoms. The molecular formula is C22H27N5O2. The summed E-state index contributed by atoms with van der Waals surface area (Å²) in [5.41, 5.74) is 14.2. The predicted octanol–water partition coefficient (Wildman–Crippen LogP) is 1.87. The summed E-state index contributed by atoms with van der Waals surface area (Å²) < 4.78 is 0. The van der Waals surface area contributed by atoms with E-state index in [4.69, 9.17) is 11.5 Å². The van der Waals surface area contributed by atoms with Gasteiger partial charge in [-0.2, -0.15) is 0 Å². The Morgan fingerprint density at radius 2 is 1.76 bits per heavy atom. The van der Waals surface area contributed by atoms with Gasteiger partial charge in [-0.25, -0.2) is 4.98 Å². The van der Waals surface area contributed by atoms with Crippen molar-refractivity contribution in [3.63, 3.8) is 0 Å². The lowest BCUT2D eigenvalue weighted by molar-refractivity contribution is -0.138. The van der Waals surface area contributed by atoms with Gasteiger partial charge in [-0.15, -0.1) is 0 Å². The predicted molar refractivity (Wildman–Crippen MR) is 111 cm³/mol. The van der Waals surface area contributed by atoms with Gasteiger partial charge in [0, 0.05) is 25.2 Å². The van der Waals surface area contributed by atoms with Crippen LogP contribution in [0, 0.1) is 0 Å². The second-order valence-corrected chi connectivity index (χ2v) is 7.81. The minimum Gasteiger partial charge on any atom is -0.383 e. The molecule has 0 unspecified atom stereocenters. The van der Waals surface area contributed by atoms with Crippen LogP contribution in [0.25, 0.3) is 0 Å². The number of piperidine rings is 1. The summed E-state index contributed by atoms with van der Waals surface area (Å²) in [4.78, 5) is 33.8. The zero-order chi connectivity index (χ0) is 20.4. The van der Waals surface area contributed by atoms with E-state index in [0.29, 0.717) is 19.5 Å². The highest BCUT2D eigenvalue weighted by atomic mass is 16.2. The molecule has 0 bridgehead atoms. The average Bonchev–Trinajstić information content (AvgIpc) is 2.74. The van der Waals surface area contributed by atoms with Crippen molar-refractivity contribution >= 4 is 17.6 Å². The van der Waals surface area contributed by atoms with Crippen molar-refractivity contribution in [2.45, 2.75) is 38.3 Å². The monoisotopic (exact) mass is 393 g/mol. The van der Waals surface area contributed by atoms with Gasteiger partial charge in [-0.05, 0) is 43.1 Å². The van der Waals surface area contributed by atoms with Gasteiger partial charge in [0.2, 0.25) is 5.91 Å². The molecule has 2 aliphatic rings. The number of nitrogen functional groups attached to an aromatic ring is 1. The Bertz CT molecular complexity index is 909. The Labute approximate surface area is 170 Å². The molecule has 1 atom stereocenters. The summed E-state index contributed by atoms with van der Waals surface area (Å²) in [5.74, 6) is -0.343. The fourth-order valence-electron chi connectivity index (χ4n) is 4.37. The maximum Gasteiger partial charge on any atom is 0.252 e. The Balaban J connectivity index is 1.62. The number of nitrogens with zero attached hydrogens (tertiary/aromatic N) is 3. The molecule has 3 heterocycles. The van der Waals surface area contributed by atoms with Gasteiger partial charge in [0.15, 0.2) is 0 Å². The van der Waals surface area contributed by atoms with Crippen molar-refractivity contribution < 1.29 is 9.59 Å². The van der Waals surface area contributed by atoms with Crippen LogP contribution in [0.3, 0.4) is 0 Å². The van der Waals surface area contributed by atoms with Gasteiger partial charge in [0.25, 0.3) is 5.91 Å². The number of carbonyl (C=O) groups is 2. The number of amides is 2. The SMILES string of the molecule is NC(=O)c1cc2c(nc1N)CCN(C(=O)[C@H](c1ccccc1)N1CCCCC1)C2. The van der Waals surface area contributed by atoms with Crippen molar-refractivity contribution in [3.8, 4) is 0 Å². The van der Waals surface area contributed by atoms with Gasteiger partial charge in [-0.3, -0.25) is 14.5 Å². The maximum absolute atomic E-state index is 13.6. The largest absolute Gasteiger partial charge is 0.383 e. The molecule has 4 rings (SSSR count). The highest BCUT2D eigenvalue weighted by Crippen LogP contribution is 2.29. The van der Waals surface area contributed by atoms with Crippen LogP contribution in [0.2, 0.25) is 0 Å². The number of primary amides is 1. The van der Waals surface area contributed by atoms with E-state index in [2.05, 4.69) is 9.88 Å². The van der Waals surface area contributed by atoms with Crippen LogP contribution in [0.5, 0.6) is 0 Å². The van der Waals surface area contributed by atoms with Crippen LogP contribution in [0.15, 0.2) is 36.4 Å². The Kier molecular flexibility index (Phi) is 5.49. The number of carbonyl (C=O) groups excluding carboxylic acids is 2. The van der Waals surface area contributed by atoms with Crippen LogP contribution >= 0.6 is 0 Å². The summed E-state index contributed by atoms with van der Waals surface area (Å²) in [5, 5.41) is 0. The Hall–Kier alpha value is -2.93. The molecule has 7 nitrogen and oxygen atoms in total. The van der Waals surface area contributed by atoms with Crippen molar-refractivity contribution in [2.24, 2.45) is 5.73 Å². The Morgan fingerprint density at radius 3 is 2.45 bits per heavy atom. The van der Waals surface area contributed by atoms with Crippen LogP contribution in [0.4, 0.5) is 5.82 Å². The zero-order valence-corrected chi connectivity index (χ0v) is 16.5. The first-order chi connectivity index (χ1) is 14.0. The second kappa shape index (κ2) is 8.21. The lowest BCUT2D eigenvalue weighted by Gasteiger charge is -2.38. The molecule has 29 heavy (non-hydrogen) atoms. The summed E-state index contributed by atoms with van der Waals surface area (Å²) in [6.45, 7) is 2.86. The molecule has 1 fully saturated rings. The Morgan fingerprint density at radius 1 is 1.03 bits per heavy atom. The normalized spacial score (nSPS) is 18.1. The van der Waals surface area contributed by atoms with Crippen LogP contribution < -0.4 is 11.5 Å². The molecule has 1 saturated heterocycles. The van der Waals surface area contributed by atoms with Crippen molar-refractivity contribution in [3.05, 3.63) is 58.8 Å². The number of nitrogens with two attached hydrogens (primary N) is 2. The molecule has 0 spiro atoms. The minimum absolute atomic E-state index is 0.0983. The van der Waals surface area contributed by atoms with E-state index in [9.17, 15) is 9.59 Å². The first-order valence-corrected chi connectivity index (χ1v) is 10.2. The number of benzene rings is 1. The molecular weight excluding hydrogens is 366 g/mol. The van der Waals surface area contributed by atoms with Gasteiger partial charge in [0.05, 0.1) is 5.56 Å². The second-order valence-electron chi connectivity index (χ2n) is 7.81. The van der Waals surface area contributed by atoms with Gasteiger partial charge < -0.3 is 16.4 Å². The lowest BCUT2D eigenvalue weighted by atomic mass is 9.98. The van der Waals surface area contributed by atoms with E-state index >= 15 is 0 Å². The van der Waals surface area contributed by atoms with E-state index in [1.807, 2.05) is 35.2 Å². The smallest absolute Gasteiger partial charge is 0.252 e. The van der Waals surface area contributed by atoms with Crippen molar-refractivity contribution in [1.82, 2.24) is 14.8 Å². The number of anilines is 1. The fraction of sp³-hybridized carbons (Fsp3) is 0.409. The first-order valence-electron chi connectivity index (χ1n) is 10.2. The third-order valence-corrected chi connectivity index (χ3v) is 5.88. The molecule has 0 saturated carbocycles. The summed E-state index contributed by atoms with van der Waals surface area (Å²) >= 11 is 0. The lowest BCUT2D eigenvalue weighted by Crippen LogP contribution is -2.46. The van der Waals surface area contributed by atoms with E-state index in [0.717, 1.165) is 42.8 Å². The summed E-state index contributed by atoms with van der Waals surface area (Å²) in [7, 11) is 0. The van der Waals surface area contributed by atoms with Gasteiger partial charge in [0.1, 0.15) is 11.9 Å². The average molecular weight is 393 g/mol. The number of hydrogen-bond acceptors (Lipinski definition) is 5. The zero-order valence-electron chi connectivity index (χ0n) is 16.5. The minimum atomic E-state index is -0.600. The third kappa shape index (κ3) is 3.96. The molecule has 152 valence electrons. The molecule has 1 aromatic carbocycles. The van der Waals surface area contributed by atoms with Crippen LogP contribution in [-0.2, 0) is 17.8 Å². The molecule has 0 radical (unpaired) electrons. The highest BCUT2D eigenvalue weighted by Gasteiger charge is 2.34. The molecule has 2 aromatic rings. The maximum atomic E-state index is 13.6.